The largest absolute Gasteiger partial charge is 0.361 e. The molecule has 146 valence electrons. The van der Waals surface area contributed by atoms with Gasteiger partial charge >= 0.3 is 0 Å². The Morgan fingerprint density at radius 2 is 2.04 bits per heavy atom. The lowest BCUT2D eigenvalue weighted by Gasteiger charge is -2.15. The van der Waals surface area contributed by atoms with Crippen LogP contribution in [0.4, 0.5) is 0 Å². The molecule has 1 heterocycles. The fourth-order valence-corrected chi connectivity index (χ4v) is 2.83. The number of hydrogen-bond acceptors (Lipinski definition) is 4. The monoisotopic (exact) mass is 389 g/mol. The van der Waals surface area contributed by atoms with E-state index >= 15 is 0 Å². The number of thiocarbonyl (C=S) groups is 1. The number of fused-ring (bicyclic) bond motifs is 1. The average Bonchev–Trinajstić information content (AvgIpc) is 2.67. The van der Waals surface area contributed by atoms with Gasteiger partial charge in [0.05, 0.1) is 17.2 Å². The zero-order chi connectivity index (χ0) is 19.6. The molecule has 0 saturated carbocycles. The van der Waals surface area contributed by atoms with Crippen molar-refractivity contribution in [2.75, 3.05) is 6.54 Å². The highest BCUT2D eigenvalue weighted by Crippen LogP contribution is 2.08. The van der Waals surface area contributed by atoms with Gasteiger partial charge in [-0.1, -0.05) is 45.2 Å². The van der Waals surface area contributed by atoms with E-state index in [1.807, 2.05) is 6.07 Å². The molecule has 2 rings (SSSR count). The molecular weight excluding hydrogens is 362 g/mol. The Kier molecular flexibility index (Phi) is 8.19. The van der Waals surface area contributed by atoms with E-state index in [1.54, 1.807) is 18.2 Å². The van der Waals surface area contributed by atoms with Crippen LogP contribution >= 0.6 is 12.2 Å². The van der Waals surface area contributed by atoms with E-state index in [1.165, 1.54) is 30.2 Å². The predicted octanol–water partition coefficient (Wildman–Crippen LogP) is 2.11. The lowest BCUT2D eigenvalue weighted by molar-refractivity contribution is -0.122. The standard InChI is InChI=1S/C19H27N5O2S/c1-3-4-5-8-14(2)11-20-19(27)23-22-17(25)12-24-13-21-16-10-7-6-9-15(16)18(24)26/h6-7,9-10,13-14H,3-5,8,11-12H2,1-2H3,(H,22,25)(H2,20,23,27)/t14-/m0/s1. The summed E-state index contributed by atoms with van der Waals surface area (Å²) < 4.78 is 1.27. The molecule has 2 aromatic rings. The van der Waals surface area contributed by atoms with Gasteiger partial charge in [-0.3, -0.25) is 25.0 Å². The fraction of sp³-hybridized carbons (Fsp3) is 0.474. The molecule has 7 nitrogen and oxygen atoms in total. The third-order valence-corrected chi connectivity index (χ3v) is 4.52. The van der Waals surface area contributed by atoms with Crippen molar-refractivity contribution in [3.8, 4) is 0 Å². The van der Waals surface area contributed by atoms with Crippen molar-refractivity contribution in [1.82, 2.24) is 25.7 Å². The summed E-state index contributed by atoms with van der Waals surface area (Å²) in [6.45, 7) is 4.97. The van der Waals surface area contributed by atoms with Gasteiger partial charge in [0.25, 0.3) is 11.5 Å². The molecule has 0 saturated heterocycles. The summed E-state index contributed by atoms with van der Waals surface area (Å²) in [6.07, 6.45) is 6.19. The second-order valence-electron chi connectivity index (χ2n) is 6.68. The highest BCUT2D eigenvalue weighted by atomic mass is 32.1. The van der Waals surface area contributed by atoms with E-state index in [4.69, 9.17) is 12.2 Å². The van der Waals surface area contributed by atoms with Gasteiger partial charge in [-0.25, -0.2) is 4.98 Å². The van der Waals surface area contributed by atoms with E-state index < -0.39 is 0 Å². The molecular formula is C19H27N5O2S. The molecule has 1 aromatic carbocycles. The first-order chi connectivity index (χ1) is 13.0. The number of rotatable bonds is 8. The maximum absolute atomic E-state index is 12.4. The number of carbonyl (C=O) groups excluding carboxylic acids is 1. The number of aromatic nitrogens is 2. The number of carbonyl (C=O) groups is 1. The fourth-order valence-electron chi connectivity index (χ4n) is 2.70. The Bertz CT molecular complexity index is 836. The summed E-state index contributed by atoms with van der Waals surface area (Å²) in [7, 11) is 0. The lowest BCUT2D eigenvalue weighted by atomic mass is 10.0. The number of amides is 1. The van der Waals surface area contributed by atoms with E-state index in [-0.39, 0.29) is 18.0 Å². The number of hydrazine groups is 1. The first-order valence-corrected chi connectivity index (χ1v) is 9.69. The van der Waals surface area contributed by atoms with Crippen LogP contribution in [0.5, 0.6) is 0 Å². The predicted molar refractivity (Wildman–Crippen MR) is 111 cm³/mol. The smallest absolute Gasteiger partial charge is 0.261 e. The third-order valence-electron chi connectivity index (χ3n) is 4.27. The van der Waals surface area contributed by atoms with Crippen LogP contribution in [0.3, 0.4) is 0 Å². The first kappa shape index (κ1) is 20.8. The summed E-state index contributed by atoms with van der Waals surface area (Å²) >= 11 is 5.16. The quantitative estimate of drug-likeness (QED) is 0.364. The molecule has 0 bridgehead atoms. The number of unbranched alkanes of at least 4 members (excludes halogenated alkanes) is 2. The topological polar surface area (TPSA) is 88.0 Å². The van der Waals surface area contributed by atoms with Gasteiger partial charge in [-0.2, -0.15) is 0 Å². The van der Waals surface area contributed by atoms with Gasteiger partial charge in [0.2, 0.25) is 0 Å². The molecule has 0 aliphatic heterocycles. The van der Waals surface area contributed by atoms with Gasteiger partial charge in [0, 0.05) is 6.54 Å². The Hall–Kier alpha value is -2.48. The average molecular weight is 390 g/mol. The van der Waals surface area contributed by atoms with Crippen molar-refractivity contribution in [2.45, 2.75) is 46.1 Å². The van der Waals surface area contributed by atoms with Crippen LogP contribution in [-0.4, -0.2) is 27.1 Å². The minimum Gasteiger partial charge on any atom is -0.361 e. The van der Waals surface area contributed by atoms with E-state index in [0.29, 0.717) is 21.9 Å². The Labute approximate surface area is 164 Å². The van der Waals surface area contributed by atoms with Gasteiger partial charge in [0.15, 0.2) is 5.11 Å². The Morgan fingerprint density at radius 1 is 1.26 bits per heavy atom. The van der Waals surface area contributed by atoms with Crippen LogP contribution in [0.25, 0.3) is 10.9 Å². The highest BCUT2D eigenvalue weighted by molar-refractivity contribution is 7.80. The SMILES string of the molecule is CCCCC[C@H](C)CNC(=S)NNC(=O)Cn1cnc2ccccc2c1=O. The summed E-state index contributed by atoms with van der Waals surface area (Å²) in [4.78, 5) is 28.6. The van der Waals surface area contributed by atoms with Crippen molar-refractivity contribution in [1.29, 1.82) is 0 Å². The molecule has 0 spiro atoms. The molecule has 3 N–H and O–H groups in total. The molecule has 0 radical (unpaired) electrons. The number of benzene rings is 1. The molecule has 1 atom stereocenters. The zero-order valence-corrected chi connectivity index (χ0v) is 16.6. The Balaban J connectivity index is 1.77. The van der Waals surface area contributed by atoms with E-state index in [0.717, 1.165) is 13.0 Å². The maximum Gasteiger partial charge on any atom is 0.261 e. The second kappa shape index (κ2) is 10.6. The third kappa shape index (κ3) is 6.63. The van der Waals surface area contributed by atoms with Gasteiger partial charge in [-0.05, 0) is 36.7 Å². The van der Waals surface area contributed by atoms with E-state index in [9.17, 15) is 9.59 Å². The molecule has 0 aliphatic rings. The molecule has 8 heteroatoms. The molecule has 0 aliphatic carbocycles. The van der Waals surface area contributed by atoms with Crippen LogP contribution in [-0.2, 0) is 11.3 Å². The summed E-state index contributed by atoms with van der Waals surface area (Å²) in [5.74, 6) is 0.128. The van der Waals surface area contributed by atoms with Crippen LogP contribution in [0.2, 0.25) is 0 Å². The molecule has 1 aromatic heterocycles. The number of nitrogens with zero attached hydrogens (tertiary/aromatic N) is 2. The number of nitrogens with one attached hydrogen (secondary N) is 3. The van der Waals surface area contributed by atoms with Crippen molar-refractivity contribution >= 4 is 34.1 Å². The van der Waals surface area contributed by atoms with Crippen LogP contribution in [0.1, 0.15) is 39.5 Å². The molecule has 0 fully saturated rings. The minimum absolute atomic E-state index is 0.139. The molecule has 0 unspecified atom stereocenters. The zero-order valence-electron chi connectivity index (χ0n) is 15.8. The van der Waals surface area contributed by atoms with Crippen molar-refractivity contribution in [3.05, 3.63) is 40.9 Å². The van der Waals surface area contributed by atoms with Gasteiger partial charge < -0.3 is 5.32 Å². The normalized spacial score (nSPS) is 11.8. The lowest BCUT2D eigenvalue weighted by Crippen LogP contribution is -2.49. The summed E-state index contributed by atoms with van der Waals surface area (Å²) in [5, 5.41) is 3.93. The maximum atomic E-state index is 12.4. The number of para-hydroxylation sites is 1. The number of hydrogen-bond donors (Lipinski definition) is 3. The summed E-state index contributed by atoms with van der Waals surface area (Å²) in [6, 6.07) is 7.03. The van der Waals surface area contributed by atoms with Gasteiger partial charge in [-0.15, -0.1) is 0 Å². The van der Waals surface area contributed by atoms with Crippen LogP contribution < -0.4 is 21.7 Å². The van der Waals surface area contributed by atoms with Crippen LogP contribution in [0, 0.1) is 5.92 Å². The molecule has 1 amide bonds. The van der Waals surface area contributed by atoms with Gasteiger partial charge in [0.1, 0.15) is 6.54 Å². The second-order valence-corrected chi connectivity index (χ2v) is 7.09. The van der Waals surface area contributed by atoms with Crippen molar-refractivity contribution < 1.29 is 4.79 Å². The highest BCUT2D eigenvalue weighted by Gasteiger charge is 2.08. The van der Waals surface area contributed by atoms with Crippen LogP contribution in [0.15, 0.2) is 35.4 Å². The van der Waals surface area contributed by atoms with E-state index in [2.05, 4.69) is 35.0 Å². The van der Waals surface area contributed by atoms with Crippen molar-refractivity contribution in [3.63, 3.8) is 0 Å². The summed E-state index contributed by atoms with van der Waals surface area (Å²) in [5.41, 5.74) is 5.52. The minimum atomic E-state index is -0.380. The van der Waals surface area contributed by atoms with Crippen molar-refractivity contribution in [2.24, 2.45) is 5.92 Å². The Morgan fingerprint density at radius 3 is 2.81 bits per heavy atom. The first-order valence-electron chi connectivity index (χ1n) is 9.28. The molecule has 27 heavy (non-hydrogen) atoms.